The molecule has 0 aliphatic carbocycles. The van der Waals surface area contributed by atoms with Gasteiger partial charge in [0.05, 0.1) is 0 Å². The van der Waals surface area contributed by atoms with E-state index in [4.69, 9.17) is 0 Å². The van der Waals surface area contributed by atoms with E-state index in [-0.39, 0.29) is 0 Å². The normalized spacial score (nSPS) is 8.10. The van der Waals surface area contributed by atoms with Gasteiger partial charge in [-0.1, -0.05) is 6.07 Å². The lowest BCUT2D eigenvalue weighted by atomic mass is 10.2. The smallest absolute Gasteiger partial charge is 0.336 e. The van der Waals surface area contributed by atoms with Crippen molar-refractivity contribution in [1.29, 1.82) is 0 Å². The number of halogens is 1. The molecule has 0 fully saturated rings. The molecule has 0 radical (unpaired) electrons. The Hall–Kier alpha value is -1.56. The molecule has 0 saturated heterocycles. The minimum atomic E-state index is -0.395. The van der Waals surface area contributed by atoms with Crippen LogP contribution < -0.4 is 0 Å². The molecule has 0 aromatic heterocycles. The predicted molar refractivity (Wildman–Crippen MR) is 36.1 cm³/mol. The molecule has 2 nitrogen and oxygen atoms in total. The third-order valence-electron chi connectivity index (χ3n) is 0.999. The fraction of sp³-hybridized carbons (Fsp3) is 0. The van der Waals surface area contributed by atoms with Crippen molar-refractivity contribution in [2.45, 2.75) is 0 Å². The van der Waals surface area contributed by atoms with Crippen LogP contribution in [0.4, 0.5) is 4.39 Å². The summed E-state index contributed by atoms with van der Waals surface area (Å²) in [6.07, 6.45) is 0. The summed E-state index contributed by atoms with van der Waals surface area (Å²) in [6.45, 7) is 0. The Balaban J connectivity index is 3.03. The molecule has 10 heavy (non-hydrogen) atoms. The molecule has 50 valence electrons. The topological polar surface area (TPSA) is 27.4 Å². The highest BCUT2D eigenvalue weighted by molar-refractivity contribution is 5.31. The summed E-state index contributed by atoms with van der Waals surface area (Å²) in [5.74, 6) is -0.395. The van der Waals surface area contributed by atoms with Crippen molar-refractivity contribution >= 4 is 0 Å². The van der Waals surface area contributed by atoms with E-state index in [0.29, 0.717) is 5.56 Å². The maximum absolute atomic E-state index is 12.3. The minimum absolute atomic E-state index is 0.356. The van der Waals surface area contributed by atoms with E-state index in [2.05, 4.69) is 11.1 Å². The molecule has 0 unspecified atom stereocenters. The van der Waals surface area contributed by atoms with Gasteiger partial charge in [0.25, 0.3) is 0 Å². The zero-order valence-corrected chi connectivity index (χ0v) is 5.04. The second-order valence-corrected chi connectivity index (χ2v) is 1.71. The van der Waals surface area contributed by atoms with Crippen LogP contribution in [-0.4, -0.2) is 0 Å². The molecule has 0 N–H and O–H groups in total. The number of hydrogen-bond acceptors (Lipinski definition) is 1. The lowest BCUT2D eigenvalue weighted by Gasteiger charge is -1.83. The van der Waals surface area contributed by atoms with Crippen LogP contribution in [0.1, 0.15) is 5.56 Å². The zero-order valence-electron chi connectivity index (χ0n) is 5.04. The van der Waals surface area contributed by atoms with Gasteiger partial charge in [-0.2, -0.15) is 0 Å². The molecule has 0 atom stereocenters. The average molecular weight is 137 g/mol. The van der Waals surface area contributed by atoms with E-state index in [0.717, 1.165) is 0 Å². The monoisotopic (exact) mass is 137 g/mol. The van der Waals surface area contributed by atoms with Crippen LogP contribution in [-0.2, 0) is 0 Å². The Morgan fingerprint density at radius 1 is 1.50 bits per heavy atom. The molecule has 0 aliphatic heterocycles. The molecule has 0 bridgehead atoms. The van der Waals surface area contributed by atoms with Gasteiger partial charge in [0.2, 0.25) is 0 Å². The van der Waals surface area contributed by atoms with Crippen molar-refractivity contribution in [3.63, 3.8) is 0 Å². The standard InChI is InChI=1S/C7H4FNO/c8-7-3-1-2-6(4-7)5-9-10/h1-4H. The van der Waals surface area contributed by atoms with Gasteiger partial charge in [-0.25, -0.2) is 4.39 Å². The fourth-order valence-corrected chi connectivity index (χ4v) is 0.611. The highest BCUT2D eigenvalue weighted by Crippen LogP contribution is 2.00. The fourth-order valence-electron chi connectivity index (χ4n) is 0.611. The van der Waals surface area contributed by atoms with Crippen molar-refractivity contribution in [2.75, 3.05) is 0 Å². The number of nitrogens with zero attached hydrogens (tertiary/aromatic N) is 1. The Morgan fingerprint density at radius 3 is 2.90 bits per heavy atom. The van der Waals surface area contributed by atoms with Gasteiger partial charge >= 0.3 is 6.07 Å². The Labute approximate surface area is 57.3 Å². The quantitative estimate of drug-likeness (QED) is 0.502. The van der Waals surface area contributed by atoms with E-state index in [9.17, 15) is 9.60 Å². The van der Waals surface area contributed by atoms with Gasteiger partial charge in [0.15, 0.2) is 0 Å². The van der Waals surface area contributed by atoms with E-state index < -0.39 is 5.82 Å². The molecule has 3 heteroatoms. The van der Waals surface area contributed by atoms with E-state index in [1.165, 1.54) is 18.2 Å². The molecule has 0 aliphatic rings. The molecular formula is C7H4FNO. The van der Waals surface area contributed by atoms with Crippen LogP contribution in [0.3, 0.4) is 0 Å². The summed E-state index contributed by atoms with van der Waals surface area (Å²) in [5.41, 5.74) is 0.356. The van der Waals surface area contributed by atoms with Crippen molar-refractivity contribution in [3.05, 3.63) is 45.9 Å². The number of hydrogen-bond donors (Lipinski definition) is 0. The summed E-state index contributed by atoms with van der Waals surface area (Å²) in [7, 11) is 0. The molecule has 1 rings (SSSR count). The molecule has 0 saturated carbocycles. The first-order valence-electron chi connectivity index (χ1n) is 2.67. The summed E-state index contributed by atoms with van der Waals surface area (Å²) in [5, 5.41) is 12.0. The van der Waals surface area contributed by atoms with Gasteiger partial charge in [-0.3, -0.25) is 0 Å². The molecule has 0 spiro atoms. The van der Waals surface area contributed by atoms with Crippen LogP contribution in [0.5, 0.6) is 0 Å². The lowest BCUT2D eigenvalue weighted by molar-refractivity contribution is 0.627. The first-order valence-corrected chi connectivity index (χ1v) is 2.67. The largest absolute Gasteiger partial charge is 0.498 e. The third kappa shape index (κ3) is 1.46. The predicted octanol–water partition coefficient (Wildman–Crippen LogP) is 2.00. The zero-order chi connectivity index (χ0) is 7.40. The molecule has 0 heterocycles. The summed E-state index contributed by atoms with van der Waals surface area (Å²) in [6, 6.07) is 7.58. The van der Waals surface area contributed by atoms with Gasteiger partial charge < -0.3 is 5.21 Å². The van der Waals surface area contributed by atoms with Crippen LogP contribution in [0.2, 0.25) is 0 Å². The third-order valence-corrected chi connectivity index (χ3v) is 0.999. The molecule has 0 amide bonds. The minimum Gasteiger partial charge on any atom is -0.498 e. The maximum Gasteiger partial charge on any atom is 0.336 e. The Morgan fingerprint density at radius 2 is 2.30 bits per heavy atom. The van der Waals surface area contributed by atoms with E-state index >= 15 is 0 Å². The average Bonchev–Trinajstić information content (AvgIpc) is 1.88. The summed E-state index contributed by atoms with van der Waals surface area (Å²) in [4.78, 5) is 0. The molecule has 1 aromatic rings. The van der Waals surface area contributed by atoms with Gasteiger partial charge in [0, 0.05) is 5.01 Å². The van der Waals surface area contributed by atoms with Crippen LogP contribution in [0, 0.1) is 17.1 Å². The Bertz CT molecular complexity index is 287. The molecule has 1 aromatic carbocycles. The van der Waals surface area contributed by atoms with Crippen molar-refractivity contribution < 1.29 is 4.39 Å². The maximum atomic E-state index is 12.3. The van der Waals surface area contributed by atoms with Crippen LogP contribution in [0.15, 0.2) is 24.3 Å². The second-order valence-electron chi connectivity index (χ2n) is 1.71. The molecular weight excluding hydrogens is 133 g/mol. The summed E-state index contributed by atoms with van der Waals surface area (Å²) < 4.78 is 12.3. The number of benzene rings is 1. The first kappa shape index (κ1) is 6.56. The van der Waals surface area contributed by atoms with Gasteiger partial charge in [-0.15, -0.1) is 0 Å². The van der Waals surface area contributed by atoms with E-state index in [1.807, 2.05) is 0 Å². The SMILES string of the molecule is [O-][N+]#Cc1cccc(F)c1. The highest BCUT2D eigenvalue weighted by atomic mass is 19.1. The van der Waals surface area contributed by atoms with E-state index in [1.54, 1.807) is 6.07 Å². The van der Waals surface area contributed by atoms with Crippen molar-refractivity contribution in [1.82, 2.24) is 0 Å². The van der Waals surface area contributed by atoms with Crippen molar-refractivity contribution in [2.24, 2.45) is 0 Å². The summed E-state index contributed by atoms with van der Waals surface area (Å²) >= 11 is 0. The lowest BCUT2D eigenvalue weighted by Crippen LogP contribution is -1.74. The van der Waals surface area contributed by atoms with Crippen LogP contribution in [0.25, 0.3) is 5.01 Å². The second kappa shape index (κ2) is 2.83. The highest BCUT2D eigenvalue weighted by Gasteiger charge is 1.94. The first-order chi connectivity index (χ1) is 4.83. The Kier molecular flexibility index (Phi) is 1.86. The van der Waals surface area contributed by atoms with Crippen molar-refractivity contribution in [3.8, 4) is 6.07 Å². The van der Waals surface area contributed by atoms with Gasteiger partial charge in [0.1, 0.15) is 11.4 Å². The van der Waals surface area contributed by atoms with Gasteiger partial charge in [-0.05, 0) is 18.2 Å². The number of rotatable bonds is 0. The van der Waals surface area contributed by atoms with Crippen LogP contribution >= 0.6 is 0 Å².